The molecule has 4 rings (SSSR count). The first-order valence-corrected chi connectivity index (χ1v) is 9.61. The van der Waals surface area contributed by atoms with Gasteiger partial charge in [-0.3, -0.25) is 14.2 Å². The van der Waals surface area contributed by atoms with Crippen LogP contribution in [0.4, 0.5) is 4.39 Å². The van der Waals surface area contributed by atoms with E-state index in [1.807, 2.05) is 18.2 Å². The SMILES string of the molecule is O=C(Cn1c(=O)cnc2ccccc21)N[C@@H](c1ccc(F)cc1)C1CCCC1. The van der Waals surface area contributed by atoms with Crippen LogP contribution >= 0.6 is 0 Å². The van der Waals surface area contributed by atoms with Crippen LogP contribution in [0.15, 0.2) is 59.5 Å². The van der Waals surface area contributed by atoms with Gasteiger partial charge >= 0.3 is 0 Å². The summed E-state index contributed by atoms with van der Waals surface area (Å²) in [6.07, 6.45) is 5.56. The summed E-state index contributed by atoms with van der Waals surface area (Å²) >= 11 is 0. The van der Waals surface area contributed by atoms with Gasteiger partial charge in [-0.25, -0.2) is 9.37 Å². The molecular weight excluding hydrogens is 357 g/mol. The number of halogens is 1. The topological polar surface area (TPSA) is 64.0 Å². The van der Waals surface area contributed by atoms with Crippen LogP contribution < -0.4 is 10.9 Å². The molecule has 1 aliphatic rings. The summed E-state index contributed by atoms with van der Waals surface area (Å²) in [6.45, 7) is -0.0771. The van der Waals surface area contributed by atoms with Crippen LogP contribution in [0.1, 0.15) is 37.3 Å². The van der Waals surface area contributed by atoms with Crippen LogP contribution in [0.2, 0.25) is 0 Å². The predicted octanol–water partition coefficient (Wildman–Crippen LogP) is 3.58. The molecule has 0 saturated heterocycles. The monoisotopic (exact) mass is 379 g/mol. The smallest absolute Gasteiger partial charge is 0.269 e. The number of hydrogen-bond acceptors (Lipinski definition) is 3. The maximum Gasteiger partial charge on any atom is 0.269 e. The summed E-state index contributed by atoms with van der Waals surface area (Å²) in [4.78, 5) is 29.3. The average Bonchev–Trinajstić information content (AvgIpc) is 3.24. The molecule has 1 heterocycles. The zero-order valence-corrected chi connectivity index (χ0v) is 15.5. The van der Waals surface area contributed by atoms with Gasteiger partial charge in [0.05, 0.1) is 23.3 Å². The standard InChI is InChI=1S/C22H22FN3O2/c23-17-11-9-16(10-12-17)22(15-5-1-2-6-15)25-20(27)14-26-19-8-4-3-7-18(19)24-13-21(26)28/h3-4,7-13,15,22H,1-2,5-6,14H2,(H,25,27)/t22-/m1/s1. The molecule has 3 aromatic rings. The molecule has 0 spiro atoms. The Hall–Kier alpha value is -3.02. The number of rotatable bonds is 5. The zero-order valence-electron chi connectivity index (χ0n) is 15.5. The number of para-hydroxylation sites is 2. The molecule has 1 fully saturated rings. The van der Waals surface area contributed by atoms with E-state index in [0.29, 0.717) is 17.0 Å². The van der Waals surface area contributed by atoms with Crippen molar-refractivity contribution in [2.45, 2.75) is 38.3 Å². The molecule has 1 aliphatic carbocycles. The van der Waals surface area contributed by atoms with E-state index < -0.39 is 0 Å². The van der Waals surface area contributed by atoms with Crippen LogP contribution in [0, 0.1) is 11.7 Å². The first kappa shape index (κ1) is 18.3. The molecule has 0 aliphatic heterocycles. The van der Waals surface area contributed by atoms with E-state index >= 15 is 0 Å². The van der Waals surface area contributed by atoms with Crippen LogP contribution in [-0.4, -0.2) is 15.5 Å². The van der Waals surface area contributed by atoms with E-state index in [2.05, 4.69) is 10.3 Å². The fraction of sp³-hybridized carbons (Fsp3) is 0.318. The van der Waals surface area contributed by atoms with Crippen molar-refractivity contribution in [1.82, 2.24) is 14.9 Å². The number of carbonyl (C=O) groups is 1. The minimum absolute atomic E-state index is 0.0771. The number of nitrogens with zero attached hydrogens (tertiary/aromatic N) is 2. The number of benzene rings is 2. The number of amides is 1. The third-order valence-electron chi connectivity index (χ3n) is 5.47. The Kier molecular flexibility index (Phi) is 5.19. The van der Waals surface area contributed by atoms with Crippen LogP contribution in [0.3, 0.4) is 0 Å². The first-order chi connectivity index (χ1) is 13.6. The summed E-state index contributed by atoms with van der Waals surface area (Å²) in [5.74, 6) is -0.213. The number of nitrogens with one attached hydrogen (secondary N) is 1. The highest BCUT2D eigenvalue weighted by Crippen LogP contribution is 2.35. The highest BCUT2D eigenvalue weighted by molar-refractivity contribution is 5.80. The van der Waals surface area contributed by atoms with Gasteiger partial charge in [-0.1, -0.05) is 37.1 Å². The Morgan fingerprint density at radius 2 is 1.86 bits per heavy atom. The lowest BCUT2D eigenvalue weighted by Gasteiger charge is -2.25. The molecule has 1 N–H and O–H groups in total. The summed E-state index contributed by atoms with van der Waals surface area (Å²) in [6, 6.07) is 13.4. The zero-order chi connectivity index (χ0) is 19.5. The van der Waals surface area contributed by atoms with Gasteiger partial charge < -0.3 is 5.32 Å². The molecule has 0 bridgehead atoms. The van der Waals surface area contributed by atoms with E-state index in [1.54, 1.807) is 18.2 Å². The number of hydrogen-bond donors (Lipinski definition) is 1. The molecule has 1 aromatic heterocycles. The van der Waals surface area contributed by atoms with E-state index in [4.69, 9.17) is 0 Å². The van der Waals surface area contributed by atoms with Crippen molar-refractivity contribution in [3.8, 4) is 0 Å². The Bertz CT molecular complexity index is 1040. The Balaban J connectivity index is 1.59. The fourth-order valence-electron chi connectivity index (χ4n) is 4.07. The Morgan fingerprint density at radius 1 is 1.14 bits per heavy atom. The van der Waals surface area contributed by atoms with Gasteiger partial charge in [-0.05, 0) is 48.6 Å². The number of carbonyl (C=O) groups excluding carboxylic acids is 1. The molecule has 5 nitrogen and oxygen atoms in total. The average molecular weight is 379 g/mol. The van der Waals surface area contributed by atoms with Gasteiger partial charge in [-0.2, -0.15) is 0 Å². The maximum atomic E-state index is 13.3. The number of fused-ring (bicyclic) bond motifs is 1. The van der Waals surface area contributed by atoms with Crippen molar-refractivity contribution in [3.63, 3.8) is 0 Å². The lowest BCUT2D eigenvalue weighted by atomic mass is 9.91. The molecule has 0 unspecified atom stereocenters. The second kappa shape index (κ2) is 7.92. The van der Waals surface area contributed by atoms with Crippen molar-refractivity contribution < 1.29 is 9.18 Å². The Labute approximate surface area is 162 Å². The van der Waals surface area contributed by atoms with Crippen molar-refractivity contribution in [2.75, 3.05) is 0 Å². The predicted molar refractivity (Wildman–Crippen MR) is 105 cm³/mol. The third kappa shape index (κ3) is 3.81. The van der Waals surface area contributed by atoms with Crippen LogP contribution in [0.25, 0.3) is 11.0 Å². The maximum absolute atomic E-state index is 13.3. The summed E-state index contributed by atoms with van der Waals surface area (Å²) in [5, 5.41) is 3.09. The highest BCUT2D eigenvalue weighted by atomic mass is 19.1. The van der Waals surface area contributed by atoms with E-state index in [-0.39, 0.29) is 29.9 Å². The summed E-state index contributed by atoms with van der Waals surface area (Å²) < 4.78 is 14.8. The fourth-order valence-corrected chi connectivity index (χ4v) is 4.07. The van der Waals surface area contributed by atoms with Crippen molar-refractivity contribution in [3.05, 3.63) is 76.5 Å². The van der Waals surface area contributed by atoms with E-state index in [9.17, 15) is 14.0 Å². The molecule has 28 heavy (non-hydrogen) atoms. The molecule has 1 atom stereocenters. The highest BCUT2D eigenvalue weighted by Gasteiger charge is 2.28. The lowest BCUT2D eigenvalue weighted by molar-refractivity contribution is -0.122. The van der Waals surface area contributed by atoms with Gasteiger partial charge in [0, 0.05) is 0 Å². The van der Waals surface area contributed by atoms with Gasteiger partial charge in [0.1, 0.15) is 12.4 Å². The van der Waals surface area contributed by atoms with Gasteiger partial charge in [0.15, 0.2) is 0 Å². The Morgan fingerprint density at radius 3 is 2.61 bits per heavy atom. The minimum Gasteiger partial charge on any atom is -0.347 e. The van der Waals surface area contributed by atoms with Crippen molar-refractivity contribution >= 4 is 16.9 Å². The molecule has 1 amide bonds. The van der Waals surface area contributed by atoms with Crippen molar-refractivity contribution in [1.29, 1.82) is 0 Å². The molecular formula is C22H22FN3O2. The third-order valence-corrected chi connectivity index (χ3v) is 5.47. The molecule has 6 heteroatoms. The largest absolute Gasteiger partial charge is 0.347 e. The first-order valence-electron chi connectivity index (χ1n) is 9.61. The van der Waals surface area contributed by atoms with Crippen LogP contribution in [-0.2, 0) is 11.3 Å². The summed E-state index contributed by atoms with van der Waals surface area (Å²) in [7, 11) is 0. The normalized spacial score (nSPS) is 15.6. The molecule has 0 radical (unpaired) electrons. The van der Waals surface area contributed by atoms with Gasteiger partial charge in [0.25, 0.3) is 5.56 Å². The summed E-state index contributed by atoms with van der Waals surface area (Å²) in [5.41, 5.74) is 1.88. The quantitative estimate of drug-likeness (QED) is 0.737. The molecule has 1 saturated carbocycles. The number of aromatic nitrogens is 2. The second-order valence-corrected chi connectivity index (χ2v) is 7.31. The molecule has 2 aromatic carbocycles. The lowest BCUT2D eigenvalue weighted by Crippen LogP contribution is -2.37. The van der Waals surface area contributed by atoms with E-state index in [1.165, 1.54) is 22.9 Å². The van der Waals surface area contributed by atoms with Gasteiger partial charge in [-0.15, -0.1) is 0 Å². The van der Waals surface area contributed by atoms with E-state index in [0.717, 1.165) is 31.2 Å². The van der Waals surface area contributed by atoms with Crippen molar-refractivity contribution in [2.24, 2.45) is 5.92 Å². The second-order valence-electron chi connectivity index (χ2n) is 7.31. The molecule has 144 valence electrons. The van der Waals surface area contributed by atoms with Crippen LogP contribution in [0.5, 0.6) is 0 Å². The van der Waals surface area contributed by atoms with Gasteiger partial charge in [0.2, 0.25) is 5.91 Å². The minimum atomic E-state index is -0.312.